The molecule has 0 saturated heterocycles. The van der Waals surface area contributed by atoms with Crippen LogP contribution in [0.15, 0.2) is 0 Å². The van der Waals surface area contributed by atoms with Crippen molar-refractivity contribution in [2.45, 2.75) is 137 Å². The molecule has 4 fully saturated rings. The number of rotatable bonds is 10. The molecule has 0 spiro atoms. The van der Waals surface area contributed by atoms with Gasteiger partial charge in [0.25, 0.3) is 10.1 Å². The molecular weight excluding hydrogens is 563 g/mol. The Morgan fingerprint density at radius 3 is 2.31 bits per heavy atom. The molecule has 4 rings (SSSR count). The number of amides is 1. The minimum Gasteiger partial charge on any atom is -0.414 e. The van der Waals surface area contributed by atoms with Crippen molar-refractivity contribution in [1.82, 2.24) is 5.32 Å². The van der Waals surface area contributed by atoms with Gasteiger partial charge in [-0.2, -0.15) is 8.42 Å². The van der Waals surface area contributed by atoms with Gasteiger partial charge in [-0.15, -0.1) is 0 Å². The Kier molecular flexibility index (Phi) is 10.2. The molecule has 0 radical (unpaired) electrons. The third-order valence-corrected chi connectivity index (χ3v) is 19.4. The largest absolute Gasteiger partial charge is 0.414 e. The normalized spacial score (nSPS) is 39.6. The molecule has 0 aromatic carbocycles. The minimum absolute atomic E-state index is 0.0582. The number of carbonyl (C=O) groups is 1. The van der Waals surface area contributed by atoms with E-state index in [0.717, 1.165) is 31.3 Å². The van der Waals surface area contributed by atoms with Crippen LogP contribution >= 0.6 is 0 Å². The van der Waals surface area contributed by atoms with E-state index in [0.29, 0.717) is 47.0 Å². The van der Waals surface area contributed by atoms with Crippen LogP contribution in [0.3, 0.4) is 0 Å². The summed E-state index contributed by atoms with van der Waals surface area (Å²) in [4.78, 5) is 12.6. The highest BCUT2D eigenvalue weighted by Gasteiger charge is 2.63. The van der Waals surface area contributed by atoms with Gasteiger partial charge in [-0.3, -0.25) is 8.98 Å². The lowest BCUT2D eigenvalue weighted by Gasteiger charge is -2.64. The quantitative estimate of drug-likeness (QED) is 0.198. The van der Waals surface area contributed by atoms with Crippen LogP contribution in [0.2, 0.25) is 18.1 Å². The van der Waals surface area contributed by atoms with Gasteiger partial charge in [0.05, 0.1) is 12.9 Å². The van der Waals surface area contributed by atoms with Gasteiger partial charge in [0.1, 0.15) is 0 Å². The van der Waals surface area contributed by atoms with E-state index >= 15 is 0 Å². The fraction of sp³-hybridized carbons (Fsp3) is 0.971. The smallest absolute Gasteiger partial charge is 0.268 e. The third-order valence-electron chi connectivity index (χ3n) is 13.7. The number of carbonyl (C=O) groups excluding carboxylic acids is 1. The van der Waals surface area contributed by atoms with Crippen molar-refractivity contribution in [3.8, 4) is 0 Å². The Hall–Kier alpha value is -0.443. The molecule has 6 nitrogen and oxygen atoms in total. The fourth-order valence-corrected chi connectivity index (χ4v) is 12.0. The van der Waals surface area contributed by atoms with Crippen LogP contribution in [0.25, 0.3) is 0 Å². The van der Waals surface area contributed by atoms with Gasteiger partial charge in [-0.25, -0.2) is 0 Å². The summed E-state index contributed by atoms with van der Waals surface area (Å²) in [6, 6.07) is 0. The second-order valence-corrected chi connectivity index (χ2v) is 23.7. The first-order valence-electron chi connectivity index (χ1n) is 17.1. The van der Waals surface area contributed by atoms with Gasteiger partial charge < -0.3 is 9.74 Å². The SMILES string of the molecule is COS(=O)(=O)CCNC(=O)CC[C@@H](C)[C@H]1CC[C@H]2[C@@H]3[C@H](O[Si](C)(C)C(C)(C)C)C[C@@H]4C[C@H](C)CC[C@]4(C)[C@H]3CC[C@]12C. The third kappa shape index (κ3) is 6.72. The molecule has 0 unspecified atom stereocenters. The highest BCUT2D eigenvalue weighted by molar-refractivity contribution is 7.86. The second kappa shape index (κ2) is 12.4. The molecule has 8 heteroatoms. The maximum atomic E-state index is 12.6. The van der Waals surface area contributed by atoms with Crippen LogP contribution in [-0.4, -0.2) is 48.2 Å². The summed E-state index contributed by atoms with van der Waals surface area (Å²) in [6.45, 7) is 22.3. The lowest BCUT2D eigenvalue weighted by atomic mass is 9.43. The van der Waals surface area contributed by atoms with E-state index in [-0.39, 0.29) is 23.2 Å². The highest BCUT2D eigenvalue weighted by atomic mass is 32.2. The van der Waals surface area contributed by atoms with Crippen LogP contribution in [0.5, 0.6) is 0 Å². The molecule has 1 amide bonds. The van der Waals surface area contributed by atoms with Gasteiger partial charge in [-0.1, -0.05) is 54.9 Å². The van der Waals surface area contributed by atoms with Gasteiger partial charge in [0, 0.05) is 19.1 Å². The summed E-state index contributed by atoms with van der Waals surface area (Å²) < 4.78 is 35.1. The molecule has 42 heavy (non-hydrogen) atoms. The zero-order valence-corrected chi connectivity index (χ0v) is 30.4. The Bertz CT molecular complexity index is 1070. The molecular formula is C34H63NO5SSi. The molecule has 1 N–H and O–H groups in total. The van der Waals surface area contributed by atoms with Crippen molar-refractivity contribution in [1.29, 1.82) is 0 Å². The molecule has 0 bridgehead atoms. The first-order valence-corrected chi connectivity index (χ1v) is 21.6. The summed E-state index contributed by atoms with van der Waals surface area (Å²) in [5.74, 6) is 4.57. The van der Waals surface area contributed by atoms with E-state index in [1.807, 2.05) is 0 Å². The molecule has 0 aromatic rings. The first kappa shape index (κ1) is 34.4. The summed E-state index contributed by atoms with van der Waals surface area (Å²) >= 11 is 0. The van der Waals surface area contributed by atoms with E-state index in [4.69, 9.17) is 4.43 Å². The monoisotopic (exact) mass is 625 g/mol. The van der Waals surface area contributed by atoms with Crippen molar-refractivity contribution in [3.05, 3.63) is 0 Å². The standard InChI is InChI=1S/C34H63NO5SSi/c1-23-15-17-33(6)25(21-23)22-29(40-42(9,10)32(3,4)5)31-27-13-12-26(34(27,7)18-16-28(31)33)24(2)11-14-30(36)35-19-20-41(37,38)39-8/h23-29,31H,11-22H2,1-10H3,(H,35,36)/t23-,24-,25+,26-,27+,28+,29-,31+,33+,34-/m1/s1. The van der Waals surface area contributed by atoms with E-state index in [1.54, 1.807) is 0 Å². The molecule has 4 aliphatic carbocycles. The average molecular weight is 626 g/mol. The Morgan fingerprint density at radius 2 is 1.67 bits per heavy atom. The maximum absolute atomic E-state index is 12.6. The number of nitrogens with one attached hydrogen (secondary N) is 1. The Balaban J connectivity index is 1.50. The van der Waals surface area contributed by atoms with E-state index in [1.165, 1.54) is 51.4 Å². The predicted molar refractivity (Wildman–Crippen MR) is 174 cm³/mol. The zero-order chi connectivity index (χ0) is 31.3. The highest BCUT2D eigenvalue weighted by Crippen LogP contribution is 2.69. The predicted octanol–water partition coefficient (Wildman–Crippen LogP) is 7.79. The van der Waals surface area contributed by atoms with Gasteiger partial charge >= 0.3 is 0 Å². The van der Waals surface area contributed by atoms with Crippen molar-refractivity contribution >= 4 is 24.3 Å². The van der Waals surface area contributed by atoms with Crippen molar-refractivity contribution in [2.24, 2.45) is 52.3 Å². The lowest BCUT2D eigenvalue weighted by Crippen LogP contribution is -2.60. The molecule has 4 aliphatic rings. The van der Waals surface area contributed by atoms with Crippen molar-refractivity contribution < 1.29 is 21.8 Å². The van der Waals surface area contributed by atoms with E-state index < -0.39 is 18.4 Å². The summed E-state index contributed by atoms with van der Waals surface area (Å²) in [6.07, 6.45) is 12.3. The van der Waals surface area contributed by atoms with Crippen LogP contribution in [0.1, 0.15) is 113 Å². The van der Waals surface area contributed by atoms with Crippen molar-refractivity contribution in [3.63, 3.8) is 0 Å². The van der Waals surface area contributed by atoms with Gasteiger partial charge in [0.2, 0.25) is 5.91 Å². The number of fused-ring (bicyclic) bond motifs is 5. The van der Waals surface area contributed by atoms with Gasteiger partial charge in [0.15, 0.2) is 8.32 Å². The molecule has 0 aromatic heterocycles. The molecule has 244 valence electrons. The Morgan fingerprint density at radius 1 is 1.02 bits per heavy atom. The minimum atomic E-state index is -3.55. The average Bonchev–Trinajstić information content (AvgIpc) is 3.24. The van der Waals surface area contributed by atoms with Crippen LogP contribution in [0.4, 0.5) is 0 Å². The zero-order valence-electron chi connectivity index (χ0n) is 28.6. The van der Waals surface area contributed by atoms with Crippen LogP contribution in [-0.2, 0) is 23.5 Å². The van der Waals surface area contributed by atoms with E-state index in [2.05, 4.69) is 71.1 Å². The van der Waals surface area contributed by atoms with Crippen LogP contribution in [0, 0.1) is 52.3 Å². The van der Waals surface area contributed by atoms with Crippen LogP contribution < -0.4 is 5.32 Å². The number of hydrogen-bond acceptors (Lipinski definition) is 5. The van der Waals surface area contributed by atoms with E-state index in [9.17, 15) is 13.2 Å². The van der Waals surface area contributed by atoms with Gasteiger partial charge in [-0.05, 0) is 122 Å². The molecule has 0 heterocycles. The second-order valence-electron chi connectivity index (χ2n) is 17.0. The Labute approximate surface area is 259 Å². The maximum Gasteiger partial charge on any atom is 0.268 e. The summed E-state index contributed by atoms with van der Waals surface area (Å²) in [5.41, 5.74) is 0.744. The number of hydrogen-bond donors (Lipinski definition) is 1. The molecule has 4 saturated carbocycles. The fourth-order valence-electron chi connectivity index (χ4n) is 10.1. The molecule has 10 atom stereocenters. The molecule has 0 aliphatic heterocycles. The van der Waals surface area contributed by atoms with Crippen molar-refractivity contribution in [2.75, 3.05) is 19.4 Å². The topological polar surface area (TPSA) is 81.7 Å². The summed E-state index contributed by atoms with van der Waals surface area (Å²) in [5, 5.41) is 2.99. The first-order chi connectivity index (χ1) is 19.3. The lowest BCUT2D eigenvalue weighted by molar-refractivity contribution is -0.165. The summed E-state index contributed by atoms with van der Waals surface area (Å²) in [7, 11) is -4.31.